The Hall–Kier alpha value is -0.280. The molecule has 1 aliphatic carbocycles. The highest BCUT2D eigenvalue weighted by Gasteiger charge is 2.07. The van der Waals surface area contributed by atoms with Crippen molar-refractivity contribution in [3.8, 4) is 0 Å². The molecule has 0 spiro atoms. The lowest BCUT2D eigenvalue weighted by atomic mass is 10.1. The average molecular weight is 215 g/mol. The molecule has 0 amide bonds. The number of nitrogens with one attached hydrogen (secondary N) is 1. The van der Waals surface area contributed by atoms with E-state index in [1.54, 1.807) is 6.08 Å². The number of halogens is 1. The maximum absolute atomic E-state index is 12.7. The first kappa shape index (κ1) is 11.8. The van der Waals surface area contributed by atoms with Crippen LogP contribution in [0.2, 0.25) is 0 Å². The smallest absolute Gasteiger partial charge is 0.122 e. The third-order valence-corrected chi connectivity index (χ3v) is 3.13. The van der Waals surface area contributed by atoms with Crippen molar-refractivity contribution in [2.24, 2.45) is 0 Å². The lowest BCUT2D eigenvalue weighted by Crippen LogP contribution is -2.25. The second-order valence-electron chi connectivity index (χ2n) is 3.37. The zero-order chi connectivity index (χ0) is 10.4. The van der Waals surface area contributed by atoms with Crippen molar-refractivity contribution in [3.05, 3.63) is 23.8 Å². The van der Waals surface area contributed by atoms with Gasteiger partial charge >= 0.3 is 0 Å². The van der Waals surface area contributed by atoms with Gasteiger partial charge in [0, 0.05) is 13.0 Å². The van der Waals surface area contributed by atoms with Gasteiger partial charge in [0.1, 0.15) is 6.17 Å². The summed E-state index contributed by atoms with van der Waals surface area (Å²) < 4.78 is 12.7. The van der Waals surface area contributed by atoms with Gasteiger partial charge < -0.3 is 5.32 Å². The molecule has 0 saturated heterocycles. The summed E-state index contributed by atoms with van der Waals surface area (Å²) in [4.78, 5) is 0. The van der Waals surface area contributed by atoms with Gasteiger partial charge in [0.25, 0.3) is 0 Å². The Morgan fingerprint density at radius 3 is 3.07 bits per heavy atom. The van der Waals surface area contributed by atoms with Crippen LogP contribution in [0.1, 0.15) is 20.3 Å². The summed E-state index contributed by atoms with van der Waals surface area (Å²) in [5.41, 5.74) is 1.20. The molecule has 0 aromatic rings. The van der Waals surface area contributed by atoms with Gasteiger partial charge in [-0.05, 0) is 18.2 Å². The number of alkyl halides is 1. The van der Waals surface area contributed by atoms with Gasteiger partial charge in [-0.1, -0.05) is 25.2 Å². The summed E-state index contributed by atoms with van der Waals surface area (Å²) >= 11 is 1.88. The summed E-state index contributed by atoms with van der Waals surface area (Å²) in [5.74, 6) is 1.12. The minimum Gasteiger partial charge on any atom is -0.301 e. The van der Waals surface area contributed by atoms with E-state index in [9.17, 15) is 4.39 Å². The van der Waals surface area contributed by atoms with E-state index in [2.05, 4.69) is 19.2 Å². The fourth-order valence-corrected chi connectivity index (χ4v) is 2.04. The molecule has 0 aromatic heterocycles. The van der Waals surface area contributed by atoms with Crippen LogP contribution >= 0.6 is 11.8 Å². The van der Waals surface area contributed by atoms with E-state index in [-0.39, 0.29) is 0 Å². The molecule has 0 radical (unpaired) electrons. The molecule has 1 N–H and O–H groups in total. The van der Waals surface area contributed by atoms with E-state index in [1.165, 1.54) is 5.57 Å². The third-order valence-electron chi connectivity index (χ3n) is 2.13. The Labute approximate surface area is 89.8 Å². The number of allylic oxidation sites excluding steroid dienone is 2. The third kappa shape index (κ3) is 4.29. The summed E-state index contributed by atoms with van der Waals surface area (Å²) in [5, 5.41) is 3.86. The van der Waals surface area contributed by atoms with Crippen LogP contribution in [0, 0.1) is 0 Å². The fraction of sp³-hybridized carbons (Fsp3) is 0.636. The molecule has 0 bridgehead atoms. The van der Waals surface area contributed by atoms with Crippen LogP contribution in [-0.2, 0) is 0 Å². The summed E-state index contributed by atoms with van der Waals surface area (Å²) in [6.07, 6.45) is 5.24. The molecule has 3 heteroatoms. The Morgan fingerprint density at radius 1 is 1.71 bits per heavy atom. The Bertz CT molecular complexity index is 225. The largest absolute Gasteiger partial charge is 0.301 e. The van der Waals surface area contributed by atoms with Gasteiger partial charge in [0.2, 0.25) is 0 Å². The number of thioether (sulfide) groups is 1. The SMILES string of the molecule is CCS[C@@H](C)NCC1=CC[C@@H](F)C=C1. The monoisotopic (exact) mass is 215 g/mol. The highest BCUT2D eigenvalue weighted by molar-refractivity contribution is 7.99. The van der Waals surface area contributed by atoms with Crippen LogP contribution in [0.4, 0.5) is 4.39 Å². The normalized spacial score (nSPS) is 23.4. The second-order valence-corrected chi connectivity index (χ2v) is 4.99. The average Bonchev–Trinajstić information content (AvgIpc) is 2.17. The molecule has 0 saturated carbocycles. The van der Waals surface area contributed by atoms with Crippen LogP contribution < -0.4 is 5.32 Å². The van der Waals surface area contributed by atoms with Gasteiger partial charge in [-0.2, -0.15) is 0 Å². The van der Waals surface area contributed by atoms with E-state index in [0.717, 1.165) is 12.3 Å². The lowest BCUT2D eigenvalue weighted by molar-refractivity contribution is 0.400. The molecule has 0 heterocycles. The van der Waals surface area contributed by atoms with Crippen molar-refractivity contribution >= 4 is 11.8 Å². The van der Waals surface area contributed by atoms with Gasteiger partial charge in [-0.3, -0.25) is 0 Å². The number of hydrogen-bond donors (Lipinski definition) is 1. The zero-order valence-electron chi connectivity index (χ0n) is 8.79. The van der Waals surface area contributed by atoms with Crippen LogP contribution in [0.5, 0.6) is 0 Å². The standard InChI is InChI=1S/C11H18FNS/c1-3-14-9(2)13-8-10-4-6-11(12)7-5-10/h4-6,9,11,13H,3,7-8H2,1-2H3/t9-,11-/m0/s1. The second kappa shape index (κ2) is 6.25. The van der Waals surface area contributed by atoms with E-state index in [1.807, 2.05) is 23.9 Å². The van der Waals surface area contributed by atoms with Gasteiger partial charge in [-0.25, -0.2) is 4.39 Å². The van der Waals surface area contributed by atoms with Crippen molar-refractivity contribution in [1.29, 1.82) is 0 Å². The number of hydrogen-bond acceptors (Lipinski definition) is 2. The zero-order valence-corrected chi connectivity index (χ0v) is 9.61. The molecule has 0 aliphatic heterocycles. The van der Waals surface area contributed by atoms with Crippen LogP contribution in [0.3, 0.4) is 0 Å². The maximum Gasteiger partial charge on any atom is 0.122 e. The lowest BCUT2D eigenvalue weighted by Gasteiger charge is -2.15. The predicted molar refractivity (Wildman–Crippen MR) is 62.3 cm³/mol. The first-order valence-electron chi connectivity index (χ1n) is 5.08. The molecule has 2 atom stereocenters. The van der Waals surface area contributed by atoms with E-state index in [0.29, 0.717) is 11.8 Å². The van der Waals surface area contributed by atoms with Crippen LogP contribution in [0.25, 0.3) is 0 Å². The molecule has 0 unspecified atom stereocenters. The highest BCUT2D eigenvalue weighted by atomic mass is 32.2. The van der Waals surface area contributed by atoms with Crippen LogP contribution in [0.15, 0.2) is 23.8 Å². The van der Waals surface area contributed by atoms with Crippen molar-refractivity contribution in [3.63, 3.8) is 0 Å². The summed E-state index contributed by atoms with van der Waals surface area (Å²) in [7, 11) is 0. The molecule has 0 fully saturated rings. The Balaban J connectivity index is 2.22. The first-order chi connectivity index (χ1) is 6.72. The molecule has 80 valence electrons. The highest BCUT2D eigenvalue weighted by Crippen LogP contribution is 2.13. The Morgan fingerprint density at radius 2 is 2.50 bits per heavy atom. The van der Waals surface area contributed by atoms with Crippen molar-refractivity contribution < 1.29 is 4.39 Å². The van der Waals surface area contributed by atoms with Gasteiger partial charge in [0.05, 0.1) is 5.37 Å². The molecule has 1 rings (SSSR count). The molecular weight excluding hydrogens is 197 g/mol. The van der Waals surface area contributed by atoms with E-state index >= 15 is 0 Å². The molecule has 0 aromatic carbocycles. The van der Waals surface area contributed by atoms with E-state index < -0.39 is 6.17 Å². The minimum absolute atomic E-state index is 0.470. The van der Waals surface area contributed by atoms with Gasteiger partial charge in [0.15, 0.2) is 0 Å². The maximum atomic E-state index is 12.7. The molecular formula is C11H18FNS. The molecule has 1 nitrogen and oxygen atoms in total. The quantitative estimate of drug-likeness (QED) is 0.708. The molecule has 14 heavy (non-hydrogen) atoms. The number of rotatable bonds is 5. The van der Waals surface area contributed by atoms with Crippen molar-refractivity contribution in [1.82, 2.24) is 5.32 Å². The van der Waals surface area contributed by atoms with E-state index in [4.69, 9.17) is 0 Å². The minimum atomic E-state index is -0.777. The fourth-order valence-electron chi connectivity index (χ4n) is 1.34. The first-order valence-corrected chi connectivity index (χ1v) is 6.13. The molecule has 1 aliphatic rings. The van der Waals surface area contributed by atoms with Crippen molar-refractivity contribution in [2.45, 2.75) is 31.8 Å². The summed E-state index contributed by atoms with van der Waals surface area (Å²) in [6.45, 7) is 5.15. The predicted octanol–water partition coefficient (Wildman–Crippen LogP) is 2.90. The summed E-state index contributed by atoms with van der Waals surface area (Å²) in [6, 6.07) is 0. The topological polar surface area (TPSA) is 12.0 Å². The Kier molecular flexibility index (Phi) is 5.26. The van der Waals surface area contributed by atoms with Crippen molar-refractivity contribution in [2.75, 3.05) is 12.3 Å². The van der Waals surface area contributed by atoms with Gasteiger partial charge in [-0.15, -0.1) is 11.8 Å². The van der Waals surface area contributed by atoms with Crippen LogP contribution in [-0.4, -0.2) is 23.8 Å².